The van der Waals surface area contributed by atoms with Crippen LogP contribution in [0.5, 0.6) is 0 Å². The molecule has 8 rings (SSSR count). The summed E-state index contributed by atoms with van der Waals surface area (Å²) in [6.45, 7) is 25.5. The zero-order valence-electron chi connectivity index (χ0n) is 31.7. The third-order valence-corrected chi connectivity index (χ3v) is 7.04. The summed E-state index contributed by atoms with van der Waals surface area (Å²) in [6, 6.07) is 47.9. The van der Waals surface area contributed by atoms with Crippen molar-refractivity contribution in [2.24, 2.45) is 10.8 Å². The molecule has 258 valence electrons. The van der Waals surface area contributed by atoms with Gasteiger partial charge >= 0.3 is 0 Å². The quantitative estimate of drug-likeness (QED) is 0.143. The van der Waals surface area contributed by atoms with Crippen molar-refractivity contribution in [3.63, 3.8) is 0 Å². The Labute approximate surface area is 298 Å². The predicted octanol–water partition coefficient (Wildman–Crippen LogP) is 16.5. The molecule has 0 spiro atoms. The summed E-state index contributed by atoms with van der Waals surface area (Å²) in [6.07, 6.45) is 0. The van der Waals surface area contributed by atoms with Crippen LogP contribution in [-0.2, 0) is 0 Å². The van der Waals surface area contributed by atoms with Crippen molar-refractivity contribution < 1.29 is 0 Å². The van der Waals surface area contributed by atoms with Gasteiger partial charge in [0.25, 0.3) is 0 Å². The molecule has 0 aliphatic heterocycles. The average Bonchev–Trinajstić information content (AvgIpc) is 3.08. The third-order valence-electron chi connectivity index (χ3n) is 7.04. The third kappa shape index (κ3) is 11.3. The zero-order valence-corrected chi connectivity index (χ0v) is 31.7. The van der Waals surface area contributed by atoms with Crippen LogP contribution < -0.4 is 0 Å². The van der Waals surface area contributed by atoms with Crippen molar-refractivity contribution in [1.82, 2.24) is 0 Å². The van der Waals surface area contributed by atoms with E-state index >= 15 is 0 Å². The fourth-order valence-corrected chi connectivity index (χ4v) is 5.44. The minimum absolute atomic E-state index is 0. The molecule has 0 heteroatoms. The summed E-state index contributed by atoms with van der Waals surface area (Å²) in [5, 5.41) is 16.1. The molecule has 0 atom stereocenters. The Morgan fingerprint density at radius 1 is 0.265 bits per heavy atom. The van der Waals surface area contributed by atoms with Gasteiger partial charge in [-0.2, -0.15) is 0 Å². The molecule has 0 heterocycles. The lowest BCUT2D eigenvalue weighted by Gasteiger charge is -2.09. The van der Waals surface area contributed by atoms with E-state index in [0.29, 0.717) is 10.8 Å². The maximum absolute atomic E-state index is 2.24. The van der Waals surface area contributed by atoms with E-state index in [2.05, 4.69) is 189 Å². The summed E-state index contributed by atoms with van der Waals surface area (Å²) in [4.78, 5) is 0. The van der Waals surface area contributed by atoms with E-state index in [0.717, 1.165) is 0 Å². The second-order valence-corrected chi connectivity index (χ2v) is 15.0. The monoisotopic (exact) mass is 650 g/mol. The minimum atomic E-state index is 0. The van der Waals surface area contributed by atoms with Gasteiger partial charge in [-0.3, -0.25) is 0 Å². The molecule has 0 amide bonds. The van der Waals surface area contributed by atoms with Crippen molar-refractivity contribution in [3.8, 4) is 0 Å². The van der Waals surface area contributed by atoms with E-state index in [9.17, 15) is 0 Å². The average molecular weight is 651 g/mol. The highest BCUT2D eigenvalue weighted by molar-refractivity contribution is 6.23. The number of hydrogen-bond donors (Lipinski definition) is 0. The summed E-state index contributed by atoms with van der Waals surface area (Å²) in [5.41, 5.74) is 1.00. The first-order valence-corrected chi connectivity index (χ1v) is 17.8. The van der Waals surface area contributed by atoms with Crippen molar-refractivity contribution in [2.75, 3.05) is 0 Å². The molecule has 0 saturated carbocycles. The highest BCUT2D eigenvalue weighted by Gasteiger charge is 2.06. The lowest BCUT2D eigenvalue weighted by atomic mass is 9.95. The van der Waals surface area contributed by atoms with E-state index in [4.69, 9.17) is 0 Å². The van der Waals surface area contributed by atoms with Crippen LogP contribution in [0.25, 0.3) is 64.6 Å². The van der Waals surface area contributed by atoms with Gasteiger partial charge in [0.05, 0.1) is 0 Å². The van der Waals surface area contributed by atoms with Gasteiger partial charge in [0, 0.05) is 0 Å². The van der Waals surface area contributed by atoms with Gasteiger partial charge < -0.3 is 0 Å². The first-order valence-electron chi connectivity index (χ1n) is 17.8. The van der Waals surface area contributed by atoms with E-state index in [-0.39, 0.29) is 7.43 Å². The second kappa shape index (κ2) is 18.4. The predicted molar refractivity (Wildman–Crippen MR) is 229 cm³/mol. The van der Waals surface area contributed by atoms with Crippen molar-refractivity contribution >= 4 is 64.6 Å². The molecule has 0 aliphatic rings. The molecule has 0 nitrogen and oxygen atoms in total. The standard InChI is InChI=1S/C18H12.C16H10.2C5H12.2C2H6.CH4/c1-3-7-15-13(5-1)9-11-18-16-8-4-2-6-14(16)10-12-17(15)18;1-3-11-7-9-13-5-2-6-14-10-8-12(4-1)15(11)16(13)14;2*1-5(2,3)4;2*1-2;/h1-12H;1-10H;2*1-4H3;2*1-2H3;1H4. The normalized spacial score (nSPS) is 10.7. The maximum Gasteiger partial charge on any atom is -0.00268 e. The molecular formula is C49H62. The Bertz CT molecular complexity index is 1920. The number of hydrogen-bond acceptors (Lipinski definition) is 0. The van der Waals surface area contributed by atoms with Gasteiger partial charge in [0.2, 0.25) is 0 Å². The van der Waals surface area contributed by atoms with E-state index in [1.165, 1.54) is 64.6 Å². The molecule has 0 unspecified atom stereocenters. The number of rotatable bonds is 0. The van der Waals surface area contributed by atoms with Crippen LogP contribution in [0.4, 0.5) is 0 Å². The van der Waals surface area contributed by atoms with Crippen molar-refractivity contribution in [3.05, 3.63) is 133 Å². The smallest absolute Gasteiger partial charge is 0.00268 e. The van der Waals surface area contributed by atoms with Crippen LogP contribution in [0.2, 0.25) is 0 Å². The molecule has 0 fully saturated rings. The van der Waals surface area contributed by atoms with Gasteiger partial charge in [-0.05, 0) is 75.5 Å². The number of benzene rings is 8. The van der Waals surface area contributed by atoms with Gasteiger partial charge in [-0.15, -0.1) is 0 Å². The zero-order chi connectivity index (χ0) is 35.5. The van der Waals surface area contributed by atoms with Crippen LogP contribution in [-0.4, -0.2) is 0 Å². The fourth-order valence-electron chi connectivity index (χ4n) is 5.44. The van der Waals surface area contributed by atoms with Gasteiger partial charge in [0.15, 0.2) is 0 Å². The van der Waals surface area contributed by atoms with Crippen LogP contribution in [0.3, 0.4) is 0 Å². The molecule has 8 aromatic rings. The molecule has 49 heavy (non-hydrogen) atoms. The Morgan fingerprint density at radius 3 is 0.776 bits per heavy atom. The molecule has 0 radical (unpaired) electrons. The van der Waals surface area contributed by atoms with Crippen molar-refractivity contribution in [2.45, 2.75) is 90.5 Å². The summed E-state index contributed by atoms with van der Waals surface area (Å²) in [7, 11) is 0. The second-order valence-electron chi connectivity index (χ2n) is 15.0. The van der Waals surface area contributed by atoms with Crippen LogP contribution >= 0.6 is 0 Å². The number of fused-ring (bicyclic) bond motifs is 5. The van der Waals surface area contributed by atoms with Crippen LogP contribution in [0.15, 0.2) is 133 Å². The largest absolute Gasteiger partial charge is 0.0776 e. The van der Waals surface area contributed by atoms with E-state index < -0.39 is 0 Å². The molecule has 0 aromatic heterocycles. The maximum atomic E-state index is 2.24. The fraction of sp³-hybridized carbons (Fsp3) is 0.306. The van der Waals surface area contributed by atoms with Gasteiger partial charge in [0.1, 0.15) is 0 Å². The Balaban J connectivity index is 0.000000246. The Hall–Kier alpha value is -4.42. The minimum Gasteiger partial charge on any atom is -0.0776 e. The molecular weight excluding hydrogens is 589 g/mol. The Kier molecular flexibility index (Phi) is 15.3. The van der Waals surface area contributed by atoms with Crippen molar-refractivity contribution in [1.29, 1.82) is 0 Å². The van der Waals surface area contributed by atoms with Crippen LogP contribution in [0, 0.1) is 10.8 Å². The highest BCUT2D eigenvalue weighted by atomic mass is 14.1. The first-order chi connectivity index (χ1) is 22.9. The summed E-state index contributed by atoms with van der Waals surface area (Å²) >= 11 is 0. The lowest BCUT2D eigenvalue weighted by Crippen LogP contribution is -1.93. The summed E-state index contributed by atoms with van der Waals surface area (Å²) < 4.78 is 0. The SMILES string of the molecule is C.CC.CC.CC(C)(C)C.CC(C)(C)C.c1cc2ccc3cccc4ccc(c1)c2c34.c1ccc2c(c1)ccc1c3ccccc3ccc21. The Morgan fingerprint density at radius 2 is 0.490 bits per heavy atom. The molecule has 0 saturated heterocycles. The van der Waals surface area contributed by atoms with Gasteiger partial charge in [-0.1, -0.05) is 224 Å². The highest BCUT2D eigenvalue weighted by Crippen LogP contribution is 2.34. The topological polar surface area (TPSA) is 0 Å². The molecule has 0 aliphatic carbocycles. The van der Waals surface area contributed by atoms with E-state index in [1.54, 1.807) is 0 Å². The first kappa shape index (κ1) is 40.8. The molecule has 8 aromatic carbocycles. The van der Waals surface area contributed by atoms with E-state index in [1.807, 2.05) is 27.7 Å². The lowest BCUT2D eigenvalue weighted by molar-refractivity contribution is 0.469. The summed E-state index contributed by atoms with van der Waals surface area (Å²) in [5.74, 6) is 0. The van der Waals surface area contributed by atoms with Crippen LogP contribution in [0.1, 0.15) is 90.5 Å². The molecule has 0 N–H and O–H groups in total. The molecule has 0 bridgehead atoms. The van der Waals surface area contributed by atoms with Gasteiger partial charge in [-0.25, -0.2) is 0 Å².